The highest BCUT2D eigenvalue weighted by Gasteiger charge is 2.51. The first-order valence-corrected chi connectivity index (χ1v) is 7.63. The monoisotopic (exact) mass is 357 g/mol. The van der Waals surface area contributed by atoms with Gasteiger partial charge in [-0.2, -0.15) is 5.06 Å². The molecule has 2 rings (SSSR count). The molecule has 124 valence electrons. The molecule has 0 aromatic heterocycles. The Morgan fingerprint density at radius 1 is 1.26 bits per heavy atom. The van der Waals surface area contributed by atoms with Gasteiger partial charge in [-0.15, -0.1) is 4.74 Å². The molecule has 1 heterocycles. The van der Waals surface area contributed by atoms with E-state index in [1.54, 1.807) is 27.7 Å². The fourth-order valence-corrected chi connectivity index (χ4v) is 2.91. The molecule has 0 aliphatic carbocycles. The summed E-state index contributed by atoms with van der Waals surface area (Å²) in [5, 5.41) is 23.6. The van der Waals surface area contributed by atoms with Crippen LogP contribution >= 0.6 is 23.2 Å². The molecule has 23 heavy (non-hydrogen) atoms. The fourth-order valence-electron chi connectivity index (χ4n) is 2.44. The largest absolute Gasteiger partial charge is 0.615 e. The zero-order chi connectivity index (χ0) is 17.6. The molecule has 1 amide bonds. The predicted octanol–water partition coefficient (Wildman–Crippen LogP) is 3.29. The van der Waals surface area contributed by atoms with E-state index in [4.69, 9.17) is 23.2 Å². The van der Waals surface area contributed by atoms with Crippen LogP contribution in [0, 0.1) is 5.21 Å². The molecular formula is C15H17Cl2N3O3. The van der Waals surface area contributed by atoms with E-state index in [-0.39, 0.29) is 21.2 Å². The van der Waals surface area contributed by atoms with Gasteiger partial charge in [-0.25, -0.2) is 4.79 Å². The van der Waals surface area contributed by atoms with E-state index in [0.29, 0.717) is 5.02 Å². The van der Waals surface area contributed by atoms with Gasteiger partial charge in [0.25, 0.3) is 0 Å². The first-order chi connectivity index (χ1) is 10.5. The van der Waals surface area contributed by atoms with Gasteiger partial charge in [-0.3, -0.25) is 4.99 Å². The minimum Gasteiger partial charge on any atom is -0.615 e. The number of carbonyl (C=O) groups is 1. The van der Waals surface area contributed by atoms with Gasteiger partial charge in [0.1, 0.15) is 11.4 Å². The van der Waals surface area contributed by atoms with Gasteiger partial charge in [0.15, 0.2) is 0 Å². The summed E-state index contributed by atoms with van der Waals surface area (Å²) in [7, 11) is 0. The summed E-state index contributed by atoms with van der Waals surface area (Å²) in [6, 6.07) is 5.88. The highest BCUT2D eigenvalue weighted by atomic mass is 35.5. The molecule has 0 spiro atoms. The summed E-state index contributed by atoms with van der Waals surface area (Å²) < 4.78 is 0.0701. The minimum absolute atomic E-state index is 0.0701. The highest BCUT2D eigenvalue weighted by molar-refractivity contribution is 6.83. The van der Waals surface area contributed by atoms with Gasteiger partial charge in [0.05, 0.1) is 11.1 Å². The maximum Gasteiger partial charge on any atom is 0.431 e. The summed E-state index contributed by atoms with van der Waals surface area (Å²) in [5.74, 6) is -0.834. The first kappa shape index (κ1) is 17.9. The minimum atomic E-state index is -1.01. The molecule has 0 bridgehead atoms. The SMILES string of the molecule is CC1(C)N=C(/C(Cl)=[N+](/[O-])C(=O)c2ccc(Cl)cc2)C(C)(C)N1O. The second-order valence-corrected chi connectivity index (χ2v) is 7.02. The number of nitrogens with zero attached hydrogens (tertiary/aromatic N) is 3. The third kappa shape index (κ3) is 3.12. The third-order valence-corrected chi connectivity index (χ3v) is 4.25. The smallest absolute Gasteiger partial charge is 0.431 e. The number of aliphatic imine (C=N–C) groups is 1. The number of carbonyl (C=O) groups excluding carboxylic acids is 1. The number of hydrogen-bond acceptors (Lipinski definition) is 5. The number of hydroxylamine groups is 3. The standard InChI is InChI=1S/C15H17Cl2N3O3/c1-14(2)11(18-15(3,4)20(14)23)12(17)19(22)13(21)9-5-7-10(16)8-6-9/h5-8,23H,1-4H3/b19-12-. The Kier molecular flexibility index (Phi) is 4.56. The quantitative estimate of drug-likeness (QED) is 0.381. The Balaban J connectivity index is 2.45. The second-order valence-electron chi connectivity index (χ2n) is 6.22. The van der Waals surface area contributed by atoms with Crippen molar-refractivity contribution in [3.8, 4) is 0 Å². The van der Waals surface area contributed by atoms with Crippen molar-refractivity contribution in [2.24, 2.45) is 4.99 Å². The Morgan fingerprint density at radius 3 is 2.22 bits per heavy atom. The molecule has 0 unspecified atom stereocenters. The van der Waals surface area contributed by atoms with E-state index >= 15 is 0 Å². The Bertz CT molecular complexity index is 709. The average molecular weight is 358 g/mol. The van der Waals surface area contributed by atoms with Gasteiger partial charge in [-0.1, -0.05) is 11.6 Å². The normalized spacial score (nSPS) is 20.9. The molecule has 1 aromatic rings. The molecule has 8 heteroatoms. The van der Waals surface area contributed by atoms with Crippen molar-refractivity contribution in [3.05, 3.63) is 40.1 Å². The summed E-state index contributed by atoms with van der Waals surface area (Å²) in [6.45, 7) is 6.65. The second kappa shape index (κ2) is 5.87. The van der Waals surface area contributed by atoms with E-state index in [2.05, 4.69) is 4.99 Å². The van der Waals surface area contributed by atoms with Crippen LogP contribution in [0.2, 0.25) is 5.02 Å². The van der Waals surface area contributed by atoms with E-state index in [0.717, 1.165) is 5.06 Å². The molecular weight excluding hydrogens is 341 g/mol. The molecule has 1 aliphatic rings. The molecule has 0 atom stereocenters. The summed E-state index contributed by atoms with van der Waals surface area (Å²) in [5.41, 5.74) is -1.67. The van der Waals surface area contributed by atoms with Gasteiger partial charge in [0.2, 0.25) is 0 Å². The van der Waals surface area contributed by atoms with Crippen molar-refractivity contribution in [1.82, 2.24) is 5.06 Å². The molecule has 0 radical (unpaired) electrons. The third-order valence-electron chi connectivity index (χ3n) is 3.66. The van der Waals surface area contributed by atoms with Crippen LogP contribution in [-0.2, 0) is 0 Å². The summed E-state index contributed by atoms with van der Waals surface area (Å²) in [6.07, 6.45) is 0. The van der Waals surface area contributed by atoms with Crippen molar-refractivity contribution in [3.63, 3.8) is 0 Å². The molecule has 1 aromatic carbocycles. The molecule has 1 N–H and O–H groups in total. The Hall–Kier alpha value is -1.47. The highest BCUT2D eigenvalue weighted by Crippen LogP contribution is 2.34. The number of benzene rings is 1. The van der Waals surface area contributed by atoms with Crippen molar-refractivity contribution in [1.29, 1.82) is 0 Å². The van der Waals surface area contributed by atoms with Gasteiger partial charge in [0, 0.05) is 5.02 Å². The Labute approximate surface area is 144 Å². The maximum atomic E-state index is 12.3. The molecule has 1 aliphatic heterocycles. The summed E-state index contributed by atoms with van der Waals surface area (Å²) >= 11 is 11.9. The molecule has 0 saturated heterocycles. The van der Waals surface area contributed by atoms with Crippen molar-refractivity contribution in [2.75, 3.05) is 0 Å². The lowest BCUT2D eigenvalue weighted by atomic mass is 9.99. The topological polar surface area (TPSA) is 79.0 Å². The zero-order valence-electron chi connectivity index (χ0n) is 13.2. The number of rotatable bonds is 2. The van der Waals surface area contributed by atoms with Crippen LogP contribution in [-0.4, -0.2) is 43.0 Å². The van der Waals surface area contributed by atoms with Crippen LogP contribution in [0.15, 0.2) is 29.3 Å². The lowest BCUT2D eigenvalue weighted by Crippen LogP contribution is -2.51. The van der Waals surface area contributed by atoms with Crippen LogP contribution in [0.3, 0.4) is 0 Å². The average Bonchev–Trinajstić information content (AvgIpc) is 2.65. The van der Waals surface area contributed by atoms with Crippen molar-refractivity contribution >= 4 is 40.0 Å². The van der Waals surface area contributed by atoms with Crippen LogP contribution in [0.1, 0.15) is 38.1 Å². The van der Waals surface area contributed by atoms with E-state index in [9.17, 15) is 15.2 Å². The van der Waals surface area contributed by atoms with Crippen molar-refractivity contribution in [2.45, 2.75) is 38.9 Å². The molecule has 0 fully saturated rings. The van der Waals surface area contributed by atoms with Crippen LogP contribution in [0.25, 0.3) is 0 Å². The molecule has 0 saturated carbocycles. The van der Waals surface area contributed by atoms with Crippen LogP contribution in [0.4, 0.5) is 0 Å². The van der Waals surface area contributed by atoms with E-state index in [1.807, 2.05) is 0 Å². The van der Waals surface area contributed by atoms with Gasteiger partial charge < -0.3 is 10.4 Å². The van der Waals surface area contributed by atoms with Crippen molar-refractivity contribution < 1.29 is 14.7 Å². The van der Waals surface area contributed by atoms with Crippen LogP contribution in [0.5, 0.6) is 0 Å². The van der Waals surface area contributed by atoms with Crippen LogP contribution < -0.4 is 0 Å². The predicted molar refractivity (Wildman–Crippen MR) is 89.5 cm³/mol. The number of amides is 1. The Morgan fingerprint density at radius 2 is 1.78 bits per heavy atom. The van der Waals surface area contributed by atoms with E-state index < -0.39 is 17.1 Å². The van der Waals surface area contributed by atoms with E-state index in [1.165, 1.54) is 24.3 Å². The summed E-state index contributed by atoms with van der Waals surface area (Å²) in [4.78, 5) is 16.5. The number of halogens is 2. The van der Waals surface area contributed by atoms with Gasteiger partial charge in [-0.05, 0) is 63.6 Å². The maximum absolute atomic E-state index is 12.3. The zero-order valence-corrected chi connectivity index (χ0v) is 14.7. The first-order valence-electron chi connectivity index (χ1n) is 6.88. The fraction of sp³-hybridized carbons (Fsp3) is 0.400. The lowest BCUT2D eigenvalue weighted by Gasteiger charge is -2.33. The lowest BCUT2D eigenvalue weighted by molar-refractivity contribution is -0.347. The molecule has 6 nitrogen and oxygen atoms in total. The van der Waals surface area contributed by atoms with Gasteiger partial charge >= 0.3 is 11.1 Å². The number of hydrogen-bond donors (Lipinski definition) is 1.